The summed E-state index contributed by atoms with van der Waals surface area (Å²) in [5.41, 5.74) is 6.34. The van der Waals surface area contributed by atoms with Crippen LogP contribution in [0.4, 0.5) is 0 Å². The average Bonchev–Trinajstić information content (AvgIpc) is 2.30. The van der Waals surface area contributed by atoms with Crippen molar-refractivity contribution >= 4 is 11.7 Å². The zero-order valence-electron chi connectivity index (χ0n) is 9.32. The molecule has 3 nitrogen and oxygen atoms in total. The van der Waals surface area contributed by atoms with Crippen molar-refractivity contribution < 1.29 is 9.59 Å². The van der Waals surface area contributed by atoms with E-state index in [2.05, 4.69) is 0 Å². The van der Waals surface area contributed by atoms with Crippen LogP contribution in [0, 0.1) is 0 Å². The molecule has 0 aromatic heterocycles. The van der Waals surface area contributed by atoms with E-state index in [9.17, 15) is 9.59 Å². The second-order valence-corrected chi connectivity index (χ2v) is 4.27. The molecule has 0 aliphatic heterocycles. The maximum Gasteiger partial charge on any atom is 0.228 e. The van der Waals surface area contributed by atoms with E-state index in [1.54, 1.807) is 6.07 Å². The van der Waals surface area contributed by atoms with E-state index in [1.807, 2.05) is 25.1 Å². The minimum atomic E-state index is -0.648. The number of carbonyl (C=O) groups is 2. The Labute approximate surface area is 94.6 Å². The summed E-state index contributed by atoms with van der Waals surface area (Å²) in [5, 5.41) is 0. The van der Waals surface area contributed by atoms with Crippen molar-refractivity contribution in [2.75, 3.05) is 0 Å². The second-order valence-electron chi connectivity index (χ2n) is 4.27. The first-order valence-electron chi connectivity index (χ1n) is 5.54. The van der Waals surface area contributed by atoms with Gasteiger partial charge in [-0.1, -0.05) is 31.2 Å². The van der Waals surface area contributed by atoms with Gasteiger partial charge in [-0.15, -0.1) is 0 Å². The highest BCUT2D eigenvalue weighted by atomic mass is 16.1. The van der Waals surface area contributed by atoms with E-state index in [0.29, 0.717) is 24.8 Å². The number of Topliss-reactive ketones (excluding diaryl/α,β-unsaturated/α-hetero) is 1. The van der Waals surface area contributed by atoms with Gasteiger partial charge >= 0.3 is 0 Å². The molecule has 16 heavy (non-hydrogen) atoms. The molecular formula is C13H15NO2. The van der Waals surface area contributed by atoms with Gasteiger partial charge in [0.1, 0.15) is 0 Å². The molecule has 0 fully saturated rings. The first kappa shape index (κ1) is 10.9. The molecule has 1 atom stereocenters. The maximum atomic E-state index is 11.8. The lowest BCUT2D eigenvalue weighted by molar-refractivity contribution is -0.124. The molecule has 1 aliphatic rings. The molecule has 1 aromatic carbocycles. The third kappa shape index (κ3) is 1.35. The van der Waals surface area contributed by atoms with Crippen LogP contribution in [0.3, 0.4) is 0 Å². The predicted octanol–water partition coefficient (Wildman–Crippen LogP) is 1.80. The van der Waals surface area contributed by atoms with Gasteiger partial charge in [-0.2, -0.15) is 0 Å². The van der Waals surface area contributed by atoms with Gasteiger partial charge < -0.3 is 5.73 Å². The summed E-state index contributed by atoms with van der Waals surface area (Å²) in [6.45, 7) is 1.94. The van der Waals surface area contributed by atoms with Crippen molar-refractivity contribution in [1.29, 1.82) is 0 Å². The van der Waals surface area contributed by atoms with Gasteiger partial charge in [0.05, 0.1) is 5.41 Å². The largest absolute Gasteiger partial charge is 0.369 e. The highest BCUT2D eigenvalue weighted by Gasteiger charge is 2.42. The third-order valence-electron chi connectivity index (χ3n) is 3.60. The fraction of sp³-hybridized carbons (Fsp3) is 0.385. The van der Waals surface area contributed by atoms with Gasteiger partial charge in [0.25, 0.3) is 0 Å². The fourth-order valence-electron chi connectivity index (χ4n) is 2.54. The smallest absolute Gasteiger partial charge is 0.228 e. The van der Waals surface area contributed by atoms with Gasteiger partial charge in [0, 0.05) is 12.0 Å². The summed E-state index contributed by atoms with van der Waals surface area (Å²) in [6, 6.07) is 7.30. The molecule has 2 rings (SSSR count). The van der Waals surface area contributed by atoms with Crippen LogP contribution < -0.4 is 5.73 Å². The number of benzene rings is 1. The number of nitrogens with two attached hydrogens (primary N) is 1. The molecule has 0 radical (unpaired) electrons. The number of amides is 1. The molecule has 2 N–H and O–H groups in total. The van der Waals surface area contributed by atoms with Gasteiger partial charge in [-0.05, 0) is 18.4 Å². The van der Waals surface area contributed by atoms with Crippen LogP contribution in [-0.2, 0) is 10.2 Å². The SMILES string of the molecule is CCC1(C(N)=O)CCC(=O)c2ccccc21. The monoisotopic (exact) mass is 217 g/mol. The van der Waals surface area contributed by atoms with Crippen LogP contribution in [0.1, 0.15) is 42.1 Å². The van der Waals surface area contributed by atoms with Crippen molar-refractivity contribution in [3.63, 3.8) is 0 Å². The van der Waals surface area contributed by atoms with E-state index in [4.69, 9.17) is 5.73 Å². The van der Waals surface area contributed by atoms with Crippen molar-refractivity contribution in [2.45, 2.75) is 31.6 Å². The Morgan fingerprint density at radius 3 is 2.75 bits per heavy atom. The van der Waals surface area contributed by atoms with Crippen LogP contribution in [0.25, 0.3) is 0 Å². The van der Waals surface area contributed by atoms with Crippen LogP contribution in [0.2, 0.25) is 0 Å². The van der Waals surface area contributed by atoms with Crippen molar-refractivity contribution in [1.82, 2.24) is 0 Å². The molecule has 3 heteroatoms. The molecule has 1 aliphatic carbocycles. The second kappa shape index (κ2) is 3.74. The molecule has 1 unspecified atom stereocenters. The van der Waals surface area contributed by atoms with Crippen molar-refractivity contribution in [3.8, 4) is 0 Å². The van der Waals surface area contributed by atoms with Crippen LogP contribution >= 0.6 is 0 Å². The number of hydrogen-bond donors (Lipinski definition) is 1. The molecule has 1 aromatic rings. The Morgan fingerprint density at radius 1 is 1.44 bits per heavy atom. The topological polar surface area (TPSA) is 60.2 Å². The summed E-state index contributed by atoms with van der Waals surface area (Å²) in [7, 11) is 0. The Balaban J connectivity index is 2.65. The van der Waals surface area contributed by atoms with E-state index in [0.717, 1.165) is 5.56 Å². The lowest BCUT2D eigenvalue weighted by Gasteiger charge is -2.34. The number of primary amides is 1. The minimum Gasteiger partial charge on any atom is -0.369 e. The van der Waals surface area contributed by atoms with E-state index < -0.39 is 5.41 Å². The third-order valence-corrected chi connectivity index (χ3v) is 3.60. The molecule has 84 valence electrons. The average molecular weight is 217 g/mol. The Morgan fingerprint density at radius 2 is 2.12 bits per heavy atom. The van der Waals surface area contributed by atoms with Crippen molar-refractivity contribution in [2.24, 2.45) is 5.73 Å². The van der Waals surface area contributed by atoms with Crippen LogP contribution in [0.5, 0.6) is 0 Å². The molecule has 0 spiro atoms. The first-order chi connectivity index (χ1) is 7.62. The zero-order valence-corrected chi connectivity index (χ0v) is 9.32. The maximum absolute atomic E-state index is 11.8. The molecule has 0 saturated carbocycles. The van der Waals surface area contributed by atoms with Gasteiger partial charge in [0.2, 0.25) is 5.91 Å². The summed E-state index contributed by atoms with van der Waals surface area (Å²) in [6.07, 6.45) is 1.59. The molecular weight excluding hydrogens is 202 g/mol. The van der Waals surface area contributed by atoms with E-state index >= 15 is 0 Å². The Bertz CT molecular complexity index is 453. The number of ketones is 1. The Hall–Kier alpha value is -1.64. The lowest BCUT2D eigenvalue weighted by atomic mass is 9.67. The van der Waals surface area contributed by atoms with Gasteiger partial charge in [0.15, 0.2) is 5.78 Å². The number of carbonyl (C=O) groups excluding carboxylic acids is 2. The zero-order chi connectivity index (χ0) is 11.8. The number of fused-ring (bicyclic) bond motifs is 1. The van der Waals surface area contributed by atoms with Crippen LogP contribution in [-0.4, -0.2) is 11.7 Å². The van der Waals surface area contributed by atoms with Crippen molar-refractivity contribution in [3.05, 3.63) is 35.4 Å². The fourth-order valence-corrected chi connectivity index (χ4v) is 2.54. The summed E-state index contributed by atoms with van der Waals surface area (Å²) < 4.78 is 0. The Kier molecular flexibility index (Phi) is 2.54. The standard InChI is InChI=1S/C13H15NO2/c1-2-13(12(14)16)8-7-11(15)9-5-3-4-6-10(9)13/h3-6H,2,7-8H2,1H3,(H2,14,16). The predicted molar refractivity (Wildman–Crippen MR) is 61.2 cm³/mol. The van der Waals surface area contributed by atoms with E-state index in [-0.39, 0.29) is 11.7 Å². The lowest BCUT2D eigenvalue weighted by Crippen LogP contribution is -2.44. The highest BCUT2D eigenvalue weighted by molar-refractivity contribution is 6.03. The molecule has 1 amide bonds. The quantitative estimate of drug-likeness (QED) is 0.821. The minimum absolute atomic E-state index is 0.112. The molecule has 0 bridgehead atoms. The summed E-state index contributed by atoms with van der Waals surface area (Å²) in [5.74, 6) is -0.212. The van der Waals surface area contributed by atoms with Crippen LogP contribution in [0.15, 0.2) is 24.3 Å². The number of hydrogen-bond acceptors (Lipinski definition) is 2. The first-order valence-corrected chi connectivity index (χ1v) is 5.54. The van der Waals surface area contributed by atoms with Gasteiger partial charge in [-0.25, -0.2) is 0 Å². The summed E-state index contributed by atoms with van der Waals surface area (Å²) in [4.78, 5) is 23.4. The normalized spacial score (nSPS) is 23.9. The highest BCUT2D eigenvalue weighted by Crippen LogP contribution is 2.39. The number of rotatable bonds is 2. The van der Waals surface area contributed by atoms with Gasteiger partial charge in [-0.3, -0.25) is 9.59 Å². The van der Waals surface area contributed by atoms with E-state index in [1.165, 1.54) is 0 Å². The molecule has 0 saturated heterocycles. The summed E-state index contributed by atoms with van der Waals surface area (Å²) >= 11 is 0. The molecule has 0 heterocycles.